The molecule has 2 heterocycles. The zero-order chi connectivity index (χ0) is 11.4. The first-order valence-corrected chi connectivity index (χ1v) is 5.73. The van der Waals surface area contributed by atoms with Crippen molar-refractivity contribution in [2.24, 2.45) is 0 Å². The molecule has 5 nitrogen and oxygen atoms in total. The highest BCUT2D eigenvalue weighted by Crippen LogP contribution is 2.14. The van der Waals surface area contributed by atoms with Gasteiger partial charge < -0.3 is 15.5 Å². The smallest absolute Gasteiger partial charge is 0.147 e. The Morgan fingerprint density at radius 2 is 2.19 bits per heavy atom. The highest BCUT2D eigenvalue weighted by Gasteiger charge is 2.17. The Kier molecular flexibility index (Phi) is 3.56. The standard InChI is InChI=1S/C11H19N5/c1-12-10-6-13-7-11(15-10)14-9-4-3-5-16(2)8-9/h6-7,9H,3-5,8H2,1-2H3,(H2,12,14,15). The Balaban J connectivity index is 1.97. The van der Waals surface area contributed by atoms with Crippen molar-refractivity contribution in [1.82, 2.24) is 14.9 Å². The van der Waals surface area contributed by atoms with Crippen molar-refractivity contribution >= 4 is 11.6 Å². The molecule has 2 N–H and O–H groups in total. The SMILES string of the molecule is CNc1cncc(NC2CCCN(C)C2)n1. The second kappa shape index (κ2) is 5.12. The van der Waals surface area contributed by atoms with Crippen LogP contribution in [0.2, 0.25) is 0 Å². The van der Waals surface area contributed by atoms with Gasteiger partial charge in [-0.3, -0.25) is 4.98 Å². The monoisotopic (exact) mass is 221 g/mol. The summed E-state index contributed by atoms with van der Waals surface area (Å²) in [5.41, 5.74) is 0. The van der Waals surface area contributed by atoms with Crippen molar-refractivity contribution in [3.63, 3.8) is 0 Å². The van der Waals surface area contributed by atoms with Crippen LogP contribution in [0.15, 0.2) is 12.4 Å². The molecule has 16 heavy (non-hydrogen) atoms. The normalized spacial score (nSPS) is 21.8. The Labute approximate surface area is 96.3 Å². The number of likely N-dealkylation sites (N-methyl/N-ethyl adjacent to an activating group) is 1. The van der Waals surface area contributed by atoms with Crippen molar-refractivity contribution in [2.45, 2.75) is 18.9 Å². The molecule has 0 aromatic carbocycles. The van der Waals surface area contributed by atoms with Gasteiger partial charge in [0.25, 0.3) is 0 Å². The van der Waals surface area contributed by atoms with E-state index in [1.54, 1.807) is 12.4 Å². The number of aromatic nitrogens is 2. The average Bonchev–Trinajstić information content (AvgIpc) is 2.29. The van der Waals surface area contributed by atoms with Crippen molar-refractivity contribution in [2.75, 3.05) is 37.8 Å². The molecule has 1 aromatic rings. The molecular formula is C11H19N5. The maximum atomic E-state index is 4.41. The molecule has 2 rings (SSSR count). The molecule has 1 aliphatic rings. The molecule has 1 aromatic heterocycles. The van der Waals surface area contributed by atoms with Gasteiger partial charge in [0.1, 0.15) is 11.6 Å². The Morgan fingerprint density at radius 3 is 2.94 bits per heavy atom. The third-order valence-electron chi connectivity index (χ3n) is 2.87. The van der Waals surface area contributed by atoms with Crippen molar-refractivity contribution in [3.05, 3.63) is 12.4 Å². The van der Waals surface area contributed by atoms with Crippen LogP contribution >= 0.6 is 0 Å². The van der Waals surface area contributed by atoms with Gasteiger partial charge in [-0.15, -0.1) is 0 Å². The zero-order valence-electron chi connectivity index (χ0n) is 9.90. The van der Waals surface area contributed by atoms with Gasteiger partial charge in [0, 0.05) is 19.6 Å². The van der Waals surface area contributed by atoms with Gasteiger partial charge in [-0.25, -0.2) is 4.98 Å². The Bertz CT molecular complexity index is 341. The fourth-order valence-electron chi connectivity index (χ4n) is 2.05. The summed E-state index contributed by atoms with van der Waals surface area (Å²) in [5, 5.41) is 6.42. The van der Waals surface area contributed by atoms with Crippen LogP contribution in [0.25, 0.3) is 0 Å². The van der Waals surface area contributed by atoms with Crippen molar-refractivity contribution < 1.29 is 0 Å². The van der Waals surface area contributed by atoms with Crippen LogP contribution in [0, 0.1) is 0 Å². The number of piperidine rings is 1. The van der Waals surface area contributed by atoms with E-state index in [0.29, 0.717) is 6.04 Å². The third kappa shape index (κ3) is 2.82. The minimum Gasteiger partial charge on any atom is -0.372 e. The Hall–Kier alpha value is -1.36. The van der Waals surface area contributed by atoms with Gasteiger partial charge in [-0.1, -0.05) is 0 Å². The lowest BCUT2D eigenvalue weighted by molar-refractivity contribution is 0.260. The van der Waals surface area contributed by atoms with Crippen LogP contribution in [-0.4, -0.2) is 48.1 Å². The van der Waals surface area contributed by atoms with Gasteiger partial charge in [0.15, 0.2) is 0 Å². The third-order valence-corrected chi connectivity index (χ3v) is 2.87. The molecule has 0 saturated carbocycles. The largest absolute Gasteiger partial charge is 0.372 e. The highest BCUT2D eigenvalue weighted by molar-refractivity contribution is 5.41. The molecule has 0 aliphatic carbocycles. The number of likely N-dealkylation sites (tertiary alicyclic amines) is 1. The first-order chi connectivity index (χ1) is 7.78. The summed E-state index contributed by atoms with van der Waals surface area (Å²) in [6, 6.07) is 0.486. The topological polar surface area (TPSA) is 53.1 Å². The molecule has 88 valence electrons. The van der Waals surface area contributed by atoms with Crippen molar-refractivity contribution in [1.29, 1.82) is 0 Å². The van der Waals surface area contributed by atoms with Crippen molar-refractivity contribution in [3.8, 4) is 0 Å². The lowest BCUT2D eigenvalue weighted by Crippen LogP contribution is -2.39. The van der Waals surface area contributed by atoms with Gasteiger partial charge in [0.2, 0.25) is 0 Å². The number of hydrogen-bond acceptors (Lipinski definition) is 5. The summed E-state index contributed by atoms with van der Waals surface area (Å²) in [5.74, 6) is 1.65. The fourth-order valence-corrected chi connectivity index (χ4v) is 2.05. The summed E-state index contributed by atoms with van der Waals surface area (Å²) < 4.78 is 0. The van der Waals surface area contributed by atoms with Crippen LogP contribution in [0.1, 0.15) is 12.8 Å². The maximum absolute atomic E-state index is 4.41. The number of hydrogen-bond donors (Lipinski definition) is 2. The van der Waals surface area contributed by atoms with E-state index >= 15 is 0 Å². The van der Waals surface area contributed by atoms with E-state index in [4.69, 9.17) is 0 Å². The average molecular weight is 221 g/mol. The van der Waals surface area contributed by atoms with Gasteiger partial charge in [-0.05, 0) is 26.4 Å². The van der Waals surface area contributed by atoms with E-state index in [-0.39, 0.29) is 0 Å². The first-order valence-electron chi connectivity index (χ1n) is 5.73. The van der Waals surface area contributed by atoms with Gasteiger partial charge in [0.05, 0.1) is 12.4 Å². The number of nitrogens with one attached hydrogen (secondary N) is 2. The zero-order valence-corrected chi connectivity index (χ0v) is 9.90. The summed E-state index contributed by atoms with van der Waals surface area (Å²) >= 11 is 0. The molecule has 1 fully saturated rings. The number of anilines is 2. The van der Waals surface area contributed by atoms with E-state index in [9.17, 15) is 0 Å². The summed E-state index contributed by atoms with van der Waals surface area (Å²) in [7, 11) is 4.01. The highest BCUT2D eigenvalue weighted by atomic mass is 15.2. The van der Waals surface area contributed by atoms with E-state index in [2.05, 4.69) is 32.5 Å². The maximum Gasteiger partial charge on any atom is 0.147 e. The predicted octanol–water partition coefficient (Wildman–Crippen LogP) is 1.02. The van der Waals surface area contributed by atoms with Gasteiger partial charge >= 0.3 is 0 Å². The van der Waals surface area contributed by atoms with E-state index in [1.165, 1.54) is 19.4 Å². The molecule has 1 unspecified atom stereocenters. The van der Waals surface area contributed by atoms with Crippen LogP contribution < -0.4 is 10.6 Å². The van der Waals surface area contributed by atoms with Crippen LogP contribution in [0.5, 0.6) is 0 Å². The summed E-state index contributed by atoms with van der Waals surface area (Å²) in [6.07, 6.45) is 5.94. The molecule has 1 saturated heterocycles. The van der Waals surface area contributed by atoms with E-state index < -0.39 is 0 Å². The molecule has 1 atom stereocenters. The summed E-state index contributed by atoms with van der Waals surface area (Å²) in [4.78, 5) is 10.9. The lowest BCUT2D eigenvalue weighted by atomic mass is 10.1. The second-order valence-corrected chi connectivity index (χ2v) is 4.29. The van der Waals surface area contributed by atoms with E-state index in [0.717, 1.165) is 18.2 Å². The molecule has 0 amide bonds. The predicted molar refractivity (Wildman–Crippen MR) is 65.7 cm³/mol. The fraction of sp³-hybridized carbons (Fsp3) is 0.636. The van der Waals surface area contributed by atoms with Gasteiger partial charge in [-0.2, -0.15) is 0 Å². The number of rotatable bonds is 3. The first kappa shape index (κ1) is 11.1. The Morgan fingerprint density at radius 1 is 1.38 bits per heavy atom. The molecule has 0 radical (unpaired) electrons. The van der Waals surface area contributed by atoms with E-state index in [1.807, 2.05) is 7.05 Å². The minimum atomic E-state index is 0.486. The second-order valence-electron chi connectivity index (χ2n) is 4.29. The molecule has 5 heteroatoms. The molecule has 0 bridgehead atoms. The van der Waals surface area contributed by atoms with Crippen LogP contribution in [0.4, 0.5) is 11.6 Å². The molecular weight excluding hydrogens is 202 g/mol. The molecule has 0 spiro atoms. The lowest BCUT2D eigenvalue weighted by Gasteiger charge is -2.30. The van der Waals surface area contributed by atoms with Crippen LogP contribution in [0.3, 0.4) is 0 Å². The summed E-state index contributed by atoms with van der Waals surface area (Å²) in [6.45, 7) is 2.27. The number of nitrogens with zero attached hydrogens (tertiary/aromatic N) is 3. The quantitative estimate of drug-likeness (QED) is 0.798. The van der Waals surface area contributed by atoms with Crippen LogP contribution in [-0.2, 0) is 0 Å². The minimum absolute atomic E-state index is 0.486. The molecule has 1 aliphatic heterocycles.